The summed E-state index contributed by atoms with van der Waals surface area (Å²) in [6.45, 7) is 10.7. The number of ether oxygens (including phenoxy) is 2. The van der Waals surface area contributed by atoms with Gasteiger partial charge in [-0.15, -0.1) is 0 Å². The van der Waals surface area contributed by atoms with Crippen molar-refractivity contribution in [3.63, 3.8) is 0 Å². The Hall–Kier alpha value is -0.380. The lowest BCUT2D eigenvalue weighted by molar-refractivity contribution is -0.157. The van der Waals surface area contributed by atoms with E-state index < -0.39 is 5.79 Å². The Morgan fingerprint density at radius 3 is 2.50 bits per heavy atom. The van der Waals surface area contributed by atoms with Gasteiger partial charge in [0.2, 0.25) is 0 Å². The van der Waals surface area contributed by atoms with Crippen LogP contribution in [0.4, 0.5) is 0 Å². The molecule has 0 radical (unpaired) electrons. The maximum Gasteiger partial charge on any atom is 0.163 e. The van der Waals surface area contributed by atoms with Crippen molar-refractivity contribution in [2.45, 2.75) is 65.1 Å². The first-order chi connectivity index (χ1) is 9.16. The van der Waals surface area contributed by atoms with Crippen LogP contribution in [-0.4, -0.2) is 29.2 Å². The van der Waals surface area contributed by atoms with Gasteiger partial charge in [0.05, 0.1) is 18.3 Å². The van der Waals surface area contributed by atoms with E-state index >= 15 is 0 Å². The summed E-state index contributed by atoms with van der Waals surface area (Å²) in [4.78, 5) is 0. The van der Waals surface area contributed by atoms with E-state index in [0.29, 0.717) is 17.8 Å². The Labute approximate surface area is 121 Å². The zero-order valence-electron chi connectivity index (χ0n) is 13.1. The second-order valence-electron chi connectivity index (χ2n) is 8.65. The van der Waals surface area contributed by atoms with Crippen molar-refractivity contribution in [1.82, 2.24) is 0 Å². The van der Waals surface area contributed by atoms with Gasteiger partial charge in [-0.05, 0) is 31.6 Å². The van der Waals surface area contributed by atoms with E-state index in [1.807, 2.05) is 13.8 Å². The van der Waals surface area contributed by atoms with Crippen LogP contribution < -0.4 is 0 Å². The fraction of sp³-hybridized carbons (Fsp3) is 0.882. The molecule has 1 aliphatic heterocycles. The summed E-state index contributed by atoms with van der Waals surface area (Å²) in [5.41, 5.74) is -0.111. The molecule has 4 aliphatic carbocycles. The van der Waals surface area contributed by atoms with Crippen molar-refractivity contribution in [2.75, 3.05) is 0 Å². The standard InChI is InChI=1S/C17H26O3/c1-15(2)8-10-9-6-7-17(5,11(10)13(15)18)14-12(9)19-16(3,4)20-14/h6-7,9-14,18H,8H2,1-5H3/t9-,10+,11-,12+,13?,14+,17+/m1/s1. The van der Waals surface area contributed by atoms with Crippen LogP contribution in [0.5, 0.6) is 0 Å². The average molecular weight is 278 g/mol. The molecule has 2 bridgehead atoms. The minimum atomic E-state index is -0.500. The van der Waals surface area contributed by atoms with Crippen LogP contribution in [-0.2, 0) is 9.47 Å². The van der Waals surface area contributed by atoms with Gasteiger partial charge in [-0.2, -0.15) is 0 Å². The Bertz CT molecular complexity index is 481. The van der Waals surface area contributed by atoms with Gasteiger partial charge in [-0.3, -0.25) is 0 Å². The summed E-state index contributed by atoms with van der Waals surface area (Å²) in [6, 6.07) is 0. The highest BCUT2D eigenvalue weighted by atomic mass is 16.8. The summed E-state index contributed by atoms with van der Waals surface area (Å²) < 4.78 is 12.4. The molecule has 5 aliphatic rings. The highest BCUT2D eigenvalue weighted by Gasteiger charge is 2.69. The second-order valence-corrected chi connectivity index (χ2v) is 8.65. The molecule has 0 amide bonds. The fourth-order valence-electron chi connectivity index (χ4n) is 5.51. The predicted octanol–water partition coefficient (Wildman–Crippen LogP) is 2.74. The third-order valence-corrected chi connectivity index (χ3v) is 6.38. The van der Waals surface area contributed by atoms with Gasteiger partial charge in [0, 0.05) is 17.3 Å². The molecule has 3 heteroatoms. The molecule has 1 N–H and O–H groups in total. The molecule has 1 saturated heterocycles. The molecule has 0 aromatic heterocycles. The number of hydrogen-bond acceptors (Lipinski definition) is 3. The van der Waals surface area contributed by atoms with Gasteiger partial charge in [-0.1, -0.05) is 32.9 Å². The number of aliphatic hydroxyl groups is 1. The molecule has 3 nitrogen and oxygen atoms in total. The molecular formula is C17H26O3. The van der Waals surface area contributed by atoms with Gasteiger partial charge >= 0.3 is 0 Å². The first kappa shape index (κ1) is 13.3. The molecule has 1 unspecified atom stereocenters. The number of aliphatic hydroxyl groups excluding tert-OH is 1. The van der Waals surface area contributed by atoms with E-state index in [2.05, 4.69) is 32.9 Å². The van der Waals surface area contributed by atoms with Gasteiger partial charge in [-0.25, -0.2) is 0 Å². The minimum absolute atomic E-state index is 0.00494. The van der Waals surface area contributed by atoms with Crippen molar-refractivity contribution in [1.29, 1.82) is 0 Å². The lowest BCUT2D eigenvalue weighted by atomic mass is 9.53. The average Bonchev–Trinajstić information content (AvgIpc) is 2.76. The predicted molar refractivity (Wildman–Crippen MR) is 75.9 cm³/mol. The van der Waals surface area contributed by atoms with Crippen LogP contribution in [0.15, 0.2) is 12.2 Å². The van der Waals surface area contributed by atoms with Gasteiger partial charge in [0.15, 0.2) is 5.79 Å². The largest absolute Gasteiger partial charge is 0.392 e. The first-order valence-corrected chi connectivity index (χ1v) is 7.89. The van der Waals surface area contributed by atoms with Crippen molar-refractivity contribution >= 4 is 0 Å². The Kier molecular flexibility index (Phi) is 2.33. The normalized spacial score (nSPS) is 57.7. The van der Waals surface area contributed by atoms with E-state index in [9.17, 15) is 5.11 Å². The van der Waals surface area contributed by atoms with Crippen LogP contribution in [0, 0.1) is 28.6 Å². The molecule has 0 spiro atoms. The van der Waals surface area contributed by atoms with Crippen LogP contribution in [0.2, 0.25) is 0 Å². The molecule has 1 heterocycles. The molecular weight excluding hydrogens is 252 g/mol. The summed E-state index contributed by atoms with van der Waals surface area (Å²) in [5.74, 6) is 0.713. The molecule has 7 atom stereocenters. The topological polar surface area (TPSA) is 38.7 Å². The third kappa shape index (κ3) is 1.42. The lowest BCUT2D eigenvalue weighted by Gasteiger charge is -2.54. The molecule has 0 aromatic rings. The zero-order valence-corrected chi connectivity index (χ0v) is 13.1. The molecule has 112 valence electrons. The number of rotatable bonds is 0. The first-order valence-electron chi connectivity index (χ1n) is 7.89. The van der Waals surface area contributed by atoms with Gasteiger partial charge < -0.3 is 14.6 Å². The lowest BCUT2D eigenvalue weighted by Crippen LogP contribution is -2.59. The van der Waals surface area contributed by atoms with Gasteiger partial charge in [0.1, 0.15) is 0 Å². The molecule has 2 saturated carbocycles. The van der Waals surface area contributed by atoms with E-state index in [-0.39, 0.29) is 29.1 Å². The fourth-order valence-corrected chi connectivity index (χ4v) is 5.51. The SMILES string of the molecule is CC1(C)O[C@H]2[C@@H]3C=C[C@](C)([C@H]2O1)[C@H]1C(O)C(C)(C)C[C@@H]31. The summed E-state index contributed by atoms with van der Waals surface area (Å²) in [7, 11) is 0. The highest BCUT2D eigenvalue weighted by Crippen LogP contribution is 2.66. The van der Waals surface area contributed by atoms with Crippen LogP contribution >= 0.6 is 0 Å². The molecule has 5 rings (SSSR count). The van der Waals surface area contributed by atoms with Crippen molar-refractivity contribution in [3.8, 4) is 0 Å². The van der Waals surface area contributed by atoms with E-state index in [1.54, 1.807) is 0 Å². The zero-order chi connectivity index (χ0) is 14.5. The molecule has 3 fully saturated rings. The Morgan fingerprint density at radius 2 is 1.80 bits per heavy atom. The summed E-state index contributed by atoms with van der Waals surface area (Å²) in [5, 5.41) is 10.9. The van der Waals surface area contributed by atoms with E-state index in [0.717, 1.165) is 6.42 Å². The van der Waals surface area contributed by atoms with Crippen molar-refractivity contribution < 1.29 is 14.6 Å². The van der Waals surface area contributed by atoms with Gasteiger partial charge in [0.25, 0.3) is 0 Å². The van der Waals surface area contributed by atoms with Crippen LogP contribution in [0.25, 0.3) is 0 Å². The summed E-state index contributed by atoms with van der Waals surface area (Å²) >= 11 is 0. The smallest absolute Gasteiger partial charge is 0.163 e. The molecule has 20 heavy (non-hydrogen) atoms. The van der Waals surface area contributed by atoms with Crippen LogP contribution in [0.1, 0.15) is 41.0 Å². The third-order valence-electron chi connectivity index (χ3n) is 6.38. The molecule has 0 aromatic carbocycles. The monoisotopic (exact) mass is 278 g/mol. The maximum absolute atomic E-state index is 10.9. The maximum atomic E-state index is 10.9. The van der Waals surface area contributed by atoms with Crippen LogP contribution in [0.3, 0.4) is 0 Å². The van der Waals surface area contributed by atoms with E-state index in [1.165, 1.54) is 0 Å². The quantitative estimate of drug-likeness (QED) is 0.692. The van der Waals surface area contributed by atoms with Crippen molar-refractivity contribution in [2.24, 2.45) is 28.6 Å². The summed E-state index contributed by atoms with van der Waals surface area (Å²) in [6.07, 6.45) is 5.70. The number of hydrogen-bond donors (Lipinski definition) is 1. The Morgan fingerprint density at radius 1 is 1.10 bits per heavy atom. The Balaban J connectivity index is 1.80. The minimum Gasteiger partial charge on any atom is -0.392 e. The second kappa shape index (κ2) is 3.50. The van der Waals surface area contributed by atoms with Crippen molar-refractivity contribution in [3.05, 3.63) is 12.2 Å². The van der Waals surface area contributed by atoms with E-state index in [4.69, 9.17) is 9.47 Å². The highest BCUT2D eigenvalue weighted by molar-refractivity contribution is 5.27.